The molecular formula is C22H28N5O3+. The Morgan fingerprint density at radius 3 is 2.70 bits per heavy atom. The van der Waals surface area contributed by atoms with Gasteiger partial charge >= 0.3 is 5.69 Å². The Kier molecular flexibility index (Phi) is 5.87. The van der Waals surface area contributed by atoms with Crippen molar-refractivity contribution in [3.05, 3.63) is 58.5 Å². The molecule has 0 radical (unpaired) electrons. The average molecular weight is 410 g/mol. The summed E-state index contributed by atoms with van der Waals surface area (Å²) in [6.07, 6.45) is 0. The highest BCUT2D eigenvalue weighted by Crippen LogP contribution is 2.21. The molecule has 1 fully saturated rings. The van der Waals surface area contributed by atoms with Crippen molar-refractivity contribution in [2.24, 2.45) is 0 Å². The van der Waals surface area contributed by atoms with Crippen molar-refractivity contribution >= 4 is 28.3 Å². The molecule has 1 aliphatic heterocycles. The van der Waals surface area contributed by atoms with Gasteiger partial charge < -0.3 is 29.8 Å². The first kappa shape index (κ1) is 20.2. The number of aromatic nitrogens is 2. The van der Waals surface area contributed by atoms with Crippen LogP contribution in [0.1, 0.15) is 12.5 Å². The highest BCUT2D eigenvalue weighted by Gasteiger charge is 2.24. The Morgan fingerprint density at radius 2 is 1.90 bits per heavy atom. The van der Waals surface area contributed by atoms with Crippen molar-refractivity contribution in [3.63, 3.8) is 0 Å². The highest BCUT2D eigenvalue weighted by molar-refractivity contribution is 5.95. The van der Waals surface area contributed by atoms with Gasteiger partial charge in [0.1, 0.15) is 6.54 Å². The molecule has 1 unspecified atom stereocenters. The van der Waals surface area contributed by atoms with Crippen molar-refractivity contribution in [2.45, 2.75) is 19.5 Å². The van der Waals surface area contributed by atoms with E-state index in [1.807, 2.05) is 20.0 Å². The van der Waals surface area contributed by atoms with Gasteiger partial charge in [-0.25, -0.2) is 4.79 Å². The third-order valence-corrected chi connectivity index (χ3v) is 5.73. The molecule has 1 aliphatic rings. The first-order valence-corrected chi connectivity index (χ1v) is 10.3. The van der Waals surface area contributed by atoms with Crippen LogP contribution in [0.5, 0.6) is 0 Å². The zero-order valence-electron chi connectivity index (χ0n) is 17.3. The minimum atomic E-state index is -0.259. The smallest absolute Gasteiger partial charge is 0.323 e. The quantitative estimate of drug-likeness (QED) is 0.482. The number of quaternary nitrogens is 1. The fourth-order valence-electron chi connectivity index (χ4n) is 3.81. The van der Waals surface area contributed by atoms with Gasteiger partial charge in [-0.05, 0) is 31.2 Å². The number of H-pyrrole nitrogens is 2. The van der Waals surface area contributed by atoms with E-state index >= 15 is 0 Å². The number of carbonyl (C=O) groups excluding carboxylic acids is 1. The van der Waals surface area contributed by atoms with Crippen molar-refractivity contribution in [3.8, 4) is 0 Å². The lowest BCUT2D eigenvalue weighted by Gasteiger charge is -2.31. The Bertz CT molecular complexity index is 1080. The summed E-state index contributed by atoms with van der Waals surface area (Å²) in [5, 5.41) is 2.97. The van der Waals surface area contributed by atoms with Gasteiger partial charge in [-0.15, -0.1) is 0 Å². The number of benzene rings is 2. The predicted octanol–water partition coefficient (Wildman–Crippen LogP) is 0.735. The van der Waals surface area contributed by atoms with E-state index in [0.29, 0.717) is 16.7 Å². The summed E-state index contributed by atoms with van der Waals surface area (Å²) in [4.78, 5) is 33.1. The standard InChI is InChI=1S/C22H27N5O3/c1-15(21(28)23-17-7-8-18-19(13-17)25-22(29)24-18)26(2)14-16-5-3-4-6-20(16)27-9-11-30-12-10-27/h3-8,13,15H,9-12,14H2,1-2H3,(H,23,28)(H2,24,25,29)/p+1/t15-/m0/s1. The summed E-state index contributed by atoms with van der Waals surface area (Å²) in [6, 6.07) is 13.5. The maximum atomic E-state index is 12.8. The summed E-state index contributed by atoms with van der Waals surface area (Å²) in [5.74, 6) is -0.0615. The lowest BCUT2D eigenvalue weighted by Crippen LogP contribution is -3.12. The van der Waals surface area contributed by atoms with Crippen LogP contribution in [0.15, 0.2) is 47.3 Å². The number of para-hydroxylation sites is 1. The normalized spacial score (nSPS) is 16.4. The predicted molar refractivity (Wildman–Crippen MR) is 117 cm³/mol. The van der Waals surface area contributed by atoms with Crippen LogP contribution >= 0.6 is 0 Å². The molecule has 2 aromatic carbocycles. The van der Waals surface area contributed by atoms with E-state index in [2.05, 4.69) is 38.4 Å². The molecule has 4 N–H and O–H groups in total. The second-order valence-electron chi connectivity index (χ2n) is 7.80. The Morgan fingerprint density at radius 1 is 1.17 bits per heavy atom. The van der Waals surface area contributed by atoms with Gasteiger partial charge in [0.05, 0.1) is 31.3 Å². The summed E-state index contributed by atoms with van der Waals surface area (Å²) >= 11 is 0. The number of imidazole rings is 1. The third kappa shape index (κ3) is 4.39. The molecule has 1 aromatic heterocycles. The van der Waals surface area contributed by atoms with Crippen molar-refractivity contribution < 1.29 is 14.4 Å². The fraction of sp³-hybridized carbons (Fsp3) is 0.364. The number of morpholine rings is 1. The minimum absolute atomic E-state index is 0.0615. The van der Waals surface area contributed by atoms with Crippen LogP contribution in [0.4, 0.5) is 11.4 Å². The van der Waals surface area contributed by atoms with Crippen molar-refractivity contribution in [1.82, 2.24) is 9.97 Å². The molecule has 30 heavy (non-hydrogen) atoms. The third-order valence-electron chi connectivity index (χ3n) is 5.73. The van der Waals surface area contributed by atoms with Crippen LogP contribution < -0.4 is 20.8 Å². The van der Waals surface area contributed by atoms with E-state index in [-0.39, 0.29) is 17.6 Å². The number of nitrogens with one attached hydrogen (secondary N) is 4. The number of likely N-dealkylation sites (N-methyl/N-ethyl adjacent to an activating group) is 1. The summed E-state index contributed by atoms with van der Waals surface area (Å²) in [7, 11) is 2.03. The number of ether oxygens (including phenoxy) is 1. The SMILES string of the molecule is C[C@@H](C(=O)Nc1ccc2[nH]c(=O)[nH]c2c1)[NH+](C)Cc1ccccc1N1CCOCC1. The van der Waals surface area contributed by atoms with E-state index < -0.39 is 0 Å². The van der Waals surface area contributed by atoms with E-state index in [9.17, 15) is 9.59 Å². The molecule has 1 amide bonds. The van der Waals surface area contributed by atoms with Gasteiger partial charge in [-0.3, -0.25) is 4.79 Å². The molecule has 4 rings (SSSR count). The van der Waals surface area contributed by atoms with Gasteiger partial charge in [-0.2, -0.15) is 0 Å². The number of nitrogens with zero attached hydrogens (tertiary/aromatic N) is 1. The number of hydrogen-bond acceptors (Lipinski definition) is 4. The van der Waals surface area contributed by atoms with Crippen LogP contribution in [-0.4, -0.2) is 55.3 Å². The molecule has 0 aliphatic carbocycles. The summed E-state index contributed by atoms with van der Waals surface area (Å²) < 4.78 is 5.48. The van der Waals surface area contributed by atoms with Gasteiger partial charge in [0.25, 0.3) is 5.91 Å². The molecule has 3 aromatic rings. The zero-order valence-corrected chi connectivity index (χ0v) is 17.3. The number of carbonyl (C=O) groups is 1. The lowest BCUT2D eigenvalue weighted by molar-refractivity contribution is -0.907. The van der Waals surface area contributed by atoms with Crippen LogP contribution in [-0.2, 0) is 16.1 Å². The van der Waals surface area contributed by atoms with E-state index in [1.54, 1.807) is 18.2 Å². The number of fused-ring (bicyclic) bond motifs is 1. The molecule has 2 atom stereocenters. The molecular weight excluding hydrogens is 382 g/mol. The van der Waals surface area contributed by atoms with Crippen LogP contribution in [0.25, 0.3) is 11.0 Å². The monoisotopic (exact) mass is 410 g/mol. The number of aromatic amines is 2. The maximum absolute atomic E-state index is 12.8. The van der Waals surface area contributed by atoms with Crippen LogP contribution in [0.2, 0.25) is 0 Å². The molecule has 2 heterocycles. The first-order valence-electron chi connectivity index (χ1n) is 10.3. The van der Waals surface area contributed by atoms with Crippen molar-refractivity contribution in [2.75, 3.05) is 43.6 Å². The molecule has 1 saturated heterocycles. The average Bonchev–Trinajstić information content (AvgIpc) is 3.13. The second kappa shape index (κ2) is 8.73. The molecule has 8 nitrogen and oxygen atoms in total. The van der Waals surface area contributed by atoms with Crippen molar-refractivity contribution in [1.29, 1.82) is 0 Å². The molecule has 0 bridgehead atoms. The van der Waals surface area contributed by atoms with E-state index in [1.165, 1.54) is 11.3 Å². The van der Waals surface area contributed by atoms with E-state index in [0.717, 1.165) is 37.7 Å². The topological polar surface area (TPSA) is 94.7 Å². The first-order chi connectivity index (χ1) is 14.5. The number of amides is 1. The minimum Gasteiger partial charge on any atom is -0.378 e. The summed E-state index contributed by atoms with van der Waals surface area (Å²) in [6.45, 7) is 5.93. The Labute approximate surface area is 174 Å². The van der Waals surface area contributed by atoms with Gasteiger partial charge in [0.15, 0.2) is 6.04 Å². The number of hydrogen-bond donors (Lipinski definition) is 4. The highest BCUT2D eigenvalue weighted by atomic mass is 16.5. The maximum Gasteiger partial charge on any atom is 0.323 e. The molecule has 8 heteroatoms. The Hall–Kier alpha value is -3.10. The second-order valence-corrected chi connectivity index (χ2v) is 7.80. The summed E-state index contributed by atoms with van der Waals surface area (Å²) in [5.41, 5.74) is 4.23. The van der Waals surface area contributed by atoms with Gasteiger partial charge in [0.2, 0.25) is 0 Å². The zero-order chi connectivity index (χ0) is 21.1. The van der Waals surface area contributed by atoms with E-state index in [4.69, 9.17) is 4.74 Å². The van der Waals surface area contributed by atoms with Crippen LogP contribution in [0, 0.1) is 0 Å². The fourth-order valence-corrected chi connectivity index (χ4v) is 3.81. The number of anilines is 2. The Balaban J connectivity index is 1.43. The van der Waals surface area contributed by atoms with Gasteiger partial charge in [-0.1, -0.05) is 18.2 Å². The number of rotatable bonds is 6. The molecule has 0 spiro atoms. The molecule has 158 valence electrons. The van der Waals surface area contributed by atoms with Crippen LogP contribution in [0.3, 0.4) is 0 Å². The lowest BCUT2D eigenvalue weighted by atomic mass is 10.1. The largest absolute Gasteiger partial charge is 0.378 e. The van der Waals surface area contributed by atoms with Gasteiger partial charge in [0, 0.05) is 30.0 Å². The molecule has 0 saturated carbocycles.